The fourth-order valence-corrected chi connectivity index (χ4v) is 4.26. The van der Waals surface area contributed by atoms with Crippen LogP contribution in [0.4, 0.5) is 23.2 Å². The summed E-state index contributed by atoms with van der Waals surface area (Å²) in [5, 5.41) is 0. The second-order valence-corrected chi connectivity index (χ2v) is 8.08. The van der Waals surface area contributed by atoms with Crippen LogP contribution in [0.25, 0.3) is 0 Å². The molecule has 2 N–H and O–H groups in total. The molecule has 3 aromatic rings. The topological polar surface area (TPSA) is 55.6 Å². The van der Waals surface area contributed by atoms with E-state index >= 15 is 0 Å². The van der Waals surface area contributed by atoms with Gasteiger partial charge in [0.1, 0.15) is 23.4 Å². The Balaban J connectivity index is 1.49. The Morgan fingerprint density at radius 1 is 0.970 bits per heavy atom. The van der Waals surface area contributed by atoms with Crippen LogP contribution in [0.1, 0.15) is 17.5 Å². The minimum atomic E-state index is -4.43. The van der Waals surface area contributed by atoms with Crippen LogP contribution in [0.2, 0.25) is 0 Å². The molecule has 1 aliphatic rings. The molecule has 2 atom stereocenters. The highest BCUT2D eigenvalue weighted by molar-refractivity contribution is 5.84. The highest BCUT2D eigenvalue weighted by Crippen LogP contribution is 2.36. The first-order chi connectivity index (χ1) is 15.7. The monoisotopic (exact) mass is 458 g/mol. The van der Waals surface area contributed by atoms with Gasteiger partial charge >= 0.3 is 6.18 Å². The van der Waals surface area contributed by atoms with E-state index in [4.69, 9.17) is 10.5 Å². The van der Waals surface area contributed by atoms with Crippen LogP contribution in [0.15, 0.2) is 72.8 Å². The Bertz CT molecular complexity index is 1110. The van der Waals surface area contributed by atoms with Crippen molar-refractivity contribution < 1.29 is 27.1 Å². The fraction of sp³-hybridized carbons (Fsp3) is 0.240. The van der Waals surface area contributed by atoms with Gasteiger partial charge in [-0.05, 0) is 78.9 Å². The number of rotatable bonds is 6. The normalized spacial score (nSPS) is 18.4. The maximum absolute atomic E-state index is 13.4. The summed E-state index contributed by atoms with van der Waals surface area (Å²) in [6.45, 7) is 0.401. The SMILES string of the molecule is NC(=O)C1CC(Cc2ccccc2C(F)(F)F)CN1c1ccc(Oc2ccc(F)cc2)cc1. The standard InChI is InChI=1S/C25H22F4N2O2/c26-18-5-9-20(10-6-18)33-21-11-7-19(8-12-21)31-15-16(14-23(31)24(30)32)13-17-3-1-2-4-22(17)25(27,28)29/h1-12,16,23H,13-15H2,(H2,30,32). The molecule has 2 unspecified atom stereocenters. The van der Waals surface area contributed by atoms with E-state index in [9.17, 15) is 22.4 Å². The first kappa shape index (κ1) is 22.6. The molecule has 0 aliphatic carbocycles. The molecular weight excluding hydrogens is 436 g/mol. The maximum atomic E-state index is 13.4. The number of primary amides is 1. The first-order valence-electron chi connectivity index (χ1n) is 10.5. The predicted molar refractivity (Wildman–Crippen MR) is 116 cm³/mol. The van der Waals surface area contributed by atoms with Crippen molar-refractivity contribution in [3.05, 3.63) is 89.7 Å². The molecule has 1 aliphatic heterocycles. The summed E-state index contributed by atoms with van der Waals surface area (Å²) in [6, 6.07) is 17.5. The van der Waals surface area contributed by atoms with Crippen LogP contribution in [-0.4, -0.2) is 18.5 Å². The molecule has 33 heavy (non-hydrogen) atoms. The smallest absolute Gasteiger partial charge is 0.416 e. The molecule has 172 valence electrons. The predicted octanol–water partition coefficient (Wildman–Crippen LogP) is 5.56. The molecule has 1 fully saturated rings. The highest BCUT2D eigenvalue weighted by atomic mass is 19.4. The number of benzene rings is 3. The molecule has 3 aromatic carbocycles. The van der Waals surface area contributed by atoms with Gasteiger partial charge in [0.25, 0.3) is 0 Å². The van der Waals surface area contributed by atoms with Crippen molar-refractivity contribution in [3.8, 4) is 11.5 Å². The van der Waals surface area contributed by atoms with Crippen LogP contribution in [0.5, 0.6) is 11.5 Å². The summed E-state index contributed by atoms with van der Waals surface area (Å²) in [4.78, 5) is 13.9. The van der Waals surface area contributed by atoms with Gasteiger partial charge in [0.2, 0.25) is 5.91 Å². The molecule has 4 nitrogen and oxygen atoms in total. The Morgan fingerprint density at radius 2 is 1.58 bits per heavy atom. The Hall–Kier alpha value is -3.55. The van der Waals surface area contributed by atoms with E-state index in [-0.39, 0.29) is 23.7 Å². The van der Waals surface area contributed by atoms with Gasteiger partial charge in [-0.25, -0.2) is 4.39 Å². The molecule has 8 heteroatoms. The molecule has 1 heterocycles. The van der Waals surface area contributed by atoms with Gasteiger partial charge in [0.05, 0.1) is 5.56 Å². The van der Waals surface area contributed by atoms with Crippen molar-refractivity contribution in [2.75, 3.05) is 11.4 Å². The molecule has 1 saturated heterocycles. The van der Waals surface area contributed by atoms with Crippen LogP contribution in [-0.2, 0) is 17.4 Å². The maximum Gasteiger partial charge on any atom is 0.416 e. The summed E-state index contributed by atoms with van der Waals surface area (Å²) in [5.41, 5.74) is 5.89. The van der Waals surface area contributed by atoms with Gasteiger partial charge < -0.3 is 15.4 Å². The van der Waals surface area contributed by atoms with Gasteiger partial charge in [-0.15, -0.1) is 0 Å². The summed E-state index contributed by atoms with van der Waals surface area (Å²) >= 11 is 0. The minimum absolute atomic E-state index is 0.166. The number of nitrogens with two attached hydrogens (primary N) is 1. The summed E-state index contributed by atoms with van der Waals surface area (Å²) < 4.78 is 58.8. The minimum Gasteiger partial charge on any atom is -0.457 e. The van der Waals surface area contributed by atoms with E-state index in [1.807, 2.05) is 4.90 Å². The Morgan fingerprint density at radius 3 is 2.18 bits per heavy atom. The quantitative estimate of drug-likeness (QED) is 0.492. The average molecular weight is 458 g/mol. The summed E-state index contributed by atoms with van der Waals surface area (Å²) in [6.07, 6.45) is -3.87. The zero-order valence-corrected chi connectivity index (χ0v) is 17.6. The number of halogens is 4. The van der Waals surface area contributed by atoms with Crippen molar-refractivity contribution in [2.45, 2.75) is 25.1 Å². The molecule has 0 saturated carbocycles. The van der Waals surface area contributed by atoms with Crippen molar-refractivity contribution in [1.82, 2.24) is 0 Å². The lowest BCUT2D eigenvalue weighted by molar-refractivity contribution is -0.138. The van der Waals surface area contributed by atoms with E-state index in [0.717, 1.165) is 11.8 Å². The summed E-state index contributed by atoms with van der Waals surface area (Å²) in [7, 11) is 0. The van der Waals surface area contributed by atoms with Gasteiger partial charge in [0.15, 0.2) is 0 Å². The van der Waals surface area contributed by atoms with E-state index < -0.39 is 23.7 Å². The van der Waals surface area contributed by atoms with Crippen LogP contribution in [0, 0.1) is 11.7 Å². The lowest BCUT2D eigenvalue weighted by Crippen LogP contribution is -2.40. The molecule has 1 amide bonds. The fourth-order valence-electron chi connectivity index (χ4n) is 4.26. The van der Waals surface area contributed by atoms with Gasteiger partial charge in [-0.1, -0.05) is 18.2 Å². The van der Waals surface area contributed by atoms with Crippen molar-refractivity contribution in [1.29, 1.82) is 0 Å². The molecular formula is C25H22F4N2O2. The number of hydrogen-bond acceptors (Lipinski definition) is 3. The number of alkyl halides is 3. The largest absolute Gasteiger partial charge is 0.457 e. The third-order valence-corrected chi connectivity index (χ3v) is 5.77. The second kappa shape index (κ2) is 9.13. The number of hydrogen-bond donors (Lipinski definition) is 1. The molecule has 0 aromatic heterocycles. The van der Waals surface area contributed by atoms with E-state index in [1.165, 1.54) is 36.4 Å². The molecule has 0 bridgehead atoms. The lowest BCUT2D eigenvalue weighted by Gasteiger charge is -2.24. The number of nitrogens with zero attached hydrogens (tertiary/aromatic N) is 1. The second-order valence-electron chi connectivity index (χ2n) is 8.08. The molecule has 0 spiro atoms. The van der Waals surface area contributed by atoms with Crippen LogP contribution < -0.4 is 15.4 Å². The van der Waals surface area contributed by atoms with E-state index in [2.05, 4.69) is 0 Å². The van der Waals surface area contributed by atoms with Gasteiger partial charge in [0, 0.05) is 12.2 Å². The third kappa shape index (κ3) is 5.27. The van der Waals surface area contributed by atoms with Crippen molar-refractivity contribution in [3.63, 3.8) is 0 Å². The van der Waals surface area contributed by atoms with Gasteiger partial charge in [-0.3, -0.25) is 4.79 Å². The average Bonchev–Trinajstić information content (AvgIpc) is 3.20. The number of carbonyl (C=O) groups excluding carboxylic acids is 1. The van der Waals surface area contributed by atoms with Crippen molar-refractivity contribution >= 4 is 11.6 Å². The van der Waals surface area contributed by atoms with E-state index in [0.29, 0.717) is 24.5 Å². The zero-order valence-electron chi connectivity index (χ0n) is 17.6. The number of amides is 1. The number of carbonyl (C=O) groups is 1. The van der Waals surface area contributed by atoms with Crippen molar-refractivity contribution in [2.24, 2.45) is 11.7 Å². The van der Waals surface area contributed by atoms with E-state index in [1.54, 1.807) is 30.3 Å². The highest BCUT2D eigenvalue weighted by Gasteiger charge is 2.38. The third-order valence-electron chi connectivity index (χ3n) is 5.77. The molecule has 4 rings (SSSR count). The number of anilines is 1. The Labute approximate surface area is 188 Å². The van der Waals surface area contributed by atoms with Crippen LogP contribution >= 0.6 is 0 Å². The lowest BCUT2D eigenvalue weighted by atomic mass is 9.93. The summed E-state index contributed by atoms with van der Waals surface area (Å²) in [5.74, 6) is -0.0504. The Kier molecular flexibility index (Phi) is 6.26. The molecule has 0 radical (unpaired) electrons. The zero-order chi connectivity index (χ0) is 23.6. The van der Waals surface area contributed by atoms with Gasteiger partial charge in [-0.2, -0.15) is 13.2 Å². The first-order valence-corrected chi connectivity index (χ1v) is 10.5. The van der Waals surface area contributed by atoms with Crippen LogP contribution in [0.3, 0.4) is 0 Å². The number of ether oxygens (including phenoxy) is 1.